The van der Waals surface area contributed by atoms with Crippen LogP contribution in [0.5, 0.6) is 0 Å². The SMILES string of the molecule is Cc1ccc(-c2nc(S[C@@H](C)C(=O)N3CCCC3)n[nH]2)cc1. The van der Waals surface area contributed by atoms with Gasteiger partial charge in [-0.3, -0.25) is 9.89 Å². The van der Waals surface area contributed by atoms with E-state index in [1.807, 2.05) is 36.1 Å². The average Bonchev–Trinajstić information content (AvgIpc) is 3.18. The Balaban J connectivity index is 1.66. The number of nitrogens with one attached hydrogen (secondary N) is 1. The smallest absolute Gasteiger partial charge is 0.235 e. The third-order valence-corrected chi connectivity index (χ3v) is 4.79. The Kier molecular flexibility index (Phi) is 4.47. The summed E-state index contributed by atoms with van der Waals surface area (Å²) in [6.07, 6.45) is 2.22. The number of carbonyl (C=O) groups excluding carboxylic acids is 1. The minimum Gasteiger partial charge on any atom is -0.342 e. The number of benzene rings is 1. The number of hydrogen-bond donors (Lipinski definition) is 1. The fourth-order valence-corrected chi connectivity index (χ4v) is 3.35. The molecule has 1 atom stereocenters. The minimum absolute atomic E-state index is 0.153. The first-order chi connectivity index (χ1) is 10.6. The van der Waals surface area contributed by atoms with Crippen LogP contribution in [0.25, 0.3) is 11.4 Å². The summed E-state index contributed by atoms with van der Waals surface area (Å²) < 4.78 is 0. The maximum Gasteiger partial charge on any atom is 0.235 e. The zero-order valence-corrected chi connectivity index (χ0v) is 13.7. The molecule has 0 bridgehead atoms. The van der Waals surface area contributed by atoms with Gasteiger partial charge in [-0.15, -0.1) is 5.10 Å². The second-order valence-corrected chi connectivity index (χ2v) is 6.93. The number of aryl methyl sites for hydroxylation is 1. The van der Waals surface area contributed by atoms with Crippen LogP contribution in [0.1, 0.15) is 25.3 Å². The van der Waals surface area contributed by atoms with E-state index < -0.39 is 0 Å². The summed E-state index contributed by atoms with van der Waals surface area (Å²) >= 11 is 1.41. The van der Waals surface area contributed by atoms with Crippen molar-refractivity contribution in [3.8, 4) is 11.4 Å². The molecule has 0 spiro atoms. The molecule has 1 amide bonds. The van der Waals surface area contributed by atoms with Gasteiger partial charge in [-0.2, -0.15) is 0 Å². The molecular weight excluding hydrogens is 296 g/mol. The summed E-state index contributed by atoms with van der Waals surface area (Å²) in [5.41, 5.74) is 2.21. The molecule has 0 unspecified atom stereocenters. The van der Waals surface area contributed by atoms with Crippen LogP contribution in [-0.4, -0.2) is 44.3 Å². The molecule has 2 aromatic rings. The predicted molar refractivity (Wildman–Crippen MR) is 87.7 cm³/mol. The van der Waals surface area contributed by atoms with Crippen molar-refractivity contribution in [1.82, 2.24) is 20.1 Å². The zero-order valence-electron chi connectivity index (χ0n) is 12.9. The van der Waals surface area contributed by atoms with Gasteiger partial charge < -0.3 is 4.90 Å². The monoisotopic (exact) mass is 316 g/mol. The Hall–Kier alpha value is -1.82. The summed E-state index contributed by atoms with van der Waals surface area (Å²) in [4.78, 5) is 18.7. The number of rotatable bonds is 4. The predicted octanol–water partition coefficient (Wildman–Crippen LogP) is 2.88. The van der Waals surface area contributed by atoms with Gasteiger partial charge in [0.15, 0.2) is 5.82 Å². The highest BCUT2D eigenvalue weighted by molar-refractivity contribution is 8.00. The summed E-state index contributed by atoms with van der Waals surface area (Å²) in [6.45, 7) is 5.74. The van der Waals surface area contributed by atoms with Gasteiger partial charge in [0, 0.05) is 18.7 Å². The van der Waals surface area contributed by atoms with Crippen LogP contribution in [0.2, 0.25) is 0 Å². The fraction of sp³-hybridized carbons (Fsp3) is 0.438. The van der Waals surface area contributed by atoms with Crippen LogP contribution in [0.4, 0.5) is 0 Å². The van der Waals surface area contributed by atoms with Crippen molar-refractivity contribution in [2.75, 3.05) is 13.1 Å². The molecule has 22 heavy (non-hydrogen) atoms. The Bertz CT molecular complexity index is 646. The van der Waals surface area contributed by atoms with Crippen molar-refractivity contribution in [2.45, 2.75) is 37.1 Å². The van der Waals surface area contributed by atoms with Gasteiger partial charge in [0.1, 0.15) is 0 Å². The van der Waals surface area contributed by atoms with Crippen molar-refractivity contribution in [2.24, 2.45) is 0 Å². The zero-order chi connectivity index (χ0) is 15.5. The number of H-pyrrole nitrogens is 1. The van der Waals surface area contributed by atoms with Gasteiger partial charge >= 0.3 is 0 Å². The molecular formula is C16H20N4OS. The third kappa shape index (κ3) is 3.32. The first-order valence-electron chi connectivity index (χ1n) is 7.58. The lowest BCUT2D eigenvalue weighted by molar-refractivity contribution is -0.129. The van der Waals surface area contributed by atoms with Gasteiger partial charge in [0.25, 0.3) is 0 Å². The number of carbonyl (C=O) groups is 1. The molecule has 1 aliphatic heterocycles. The lowest BCUT2D eigenvalue weighted by atomic mass is 10.1. The van der Waals surface area contributed by atoms with Crippen LogP contribution in [-0.2, 0) is 4.79 Å². The second kappa shape index (κ2) is 6.52. The average molecular weight is 316 g/mol. The molecule has 116 valence electrons. The van der Waals surface area contributed by atoms with Gasteiger partial charge in [-0.05, 0) is 26.7 Å². The van der Waals surface area contributed by atoms with Crippen molar-refractivity contribution < 1.29 is 4.79 Å². The molecule has 5 nitrogen and oxygen atoms in total. The fourth-order valence-electron chi connectivity index (χ4n) is 2.54. The summed E-state index contributed by atoms with van der Waals surface area (Å²) in [5.74, 6) is 0.924. The molecule has 3 rings (SSSR count). The topological polar surface area (TPSA) is 61.9 Å². The first kappa shape index (κ1) is 15.1. The number of thioether (sulfide) groups is 1. The molecule has 1 aromatic heterocycles. The molecule has 0 aliphatic carbocycles. The highest BCUT2D eigenvalue weighted by Gasteiger charge is 2.25. The quantitative estimate of drug-likeness (QED) is 0.881. The summed E-state index contributed by atoms with van der Waals surface area (Å²) in [5, 5.41) is 7.64. The molecule has 1 saturated heterocycles. The van der Waals surface area contributed by atoms with Gasteiger partial charge in [0.05, 0.1) is 5.25 Å². The molecule has 6 heteroatoms. The minimum atomic E-state index is -0.153. The largest absolute Gasteiger partial charge is 0.342 e. The lowest BCUT2D eigenvalue weighted by Gasteiger charge is -2.18. The summed E-state index contributed by atoms with van der Waals surface area (Å²) in [6, 6.07) is 8.13. The normalized spacial score (nSPS) is 16.0. The Morgan fingerprint density at radius 3 is 2.64 bits per heavy atom. The molecule has 1 fully saturated rings. The lowest BCUT2D eigenvalue weighted by Crippen LogP contribution is -2.34. The van der Waals surface area contributed by atoms with E-state index >= 15 is 0 Å². The second-order valence-electron chi connectivity index (χ2n) is 5.63. The van der Waals surface area contributed by atoms with E-state index in [9.17, 15) is 4.79 Å². The maximum absolute atomic E-state index is 12.3. The van der Waals surface area contributed by atoms with E-state index in [1.165, 1.54) is 17.3 Å². The Morgan fingerprint density at radius 2 is 1.95 bits per heavy atom. The first-order valence-corrected chi connectivity index (χ1v) is 8.46. The van der Waals surface area contributed by atoms with E-state index in [2.05, 4.69) is 22.1 Å². The van der Waals surface area contributed by atoms with Crippen molar-refractivity contribution >= 4 is 17.7 Å². The molecule has 2 heterocycles. The van der Waals surface area contributed by atoms with Crippen LogP contribution in [0.3, 0.4) is 0 Å². The molecule has 1 aromatic carbocycles. The number of nitrogens with zero attached hydrogens (tertiary/aromatic N) is 3. The number of aromatic amines is 1. The highest BCUT2D eigenvalue weighted by Crippen LogP contribution is 2.25. The molecule has 1 aliphatic rings. The van der Waals surface area contributed by atoms with Gasteiger partial charge in [-0.1, -0.05) is 41.6 Å². The van der Waals surface area contributed by atoms with E-state index in [0.717, 1.165) is 37.3 Å². The number of hydrogen-bond acceptors (Lipinski definition) is 4. The Morgan fingerprint density at radius 1 is 1.27 bits per heavy atom. The van der Waals surface area contributed by atoms with E-state index in [4.69, 9.17) is 0 Å². The standard InChI is InChI=1S/C16H20N4OS/c1-11-5-7-13(8-6-11)14-17-16(19-18-14)22-12(2)15(21)20-9-3-4-10-20/h5-8,12H,3-4,9-10H2,1-2H3,(H,17,18,19)/t12-/m0/s1. The van der Waals surface area contributed by atoms with Gasteiger partial charge in [-0.25, -0.2) is 4.98 Å². The van der Waals surface area contributed by atoms with Crippen LogP contribution >= 0.6 is 11.8 Å². The maximum atomic E-state index is 12.3. The molecule has 0 radical (unpaired) electrons. The van der Waals surface area contributed by atoms with Crippen molar-refractivity contribution in [1.29, 1.82) is 0 Å². The van der Waals surface area contributed by atoms with Crippen molar-refractivity contribution in [3.63, 3.8) is 0 Å². The number of likely N-dealkylation sites (tertiary alicyclic amines) is 1. The Labute approximate surface area is 134 Å². The van der Waals surface area contributed by atoms with Crippen LogP contribution in [0.15, 0.2) is 29.4 Å². The van der Waals surface area contributed by atoms with Crippen LogP contribution in [0, 0.1) is 6.92 Å². The van der Waals surface area contributed by atoms with E-state index in [1.54, 1.807) is 0 Å². The highest BCUT2D eigenvalue weighted by atomic mass is 32.2. The molecule has 0 saturated carbocycles. The van der Waals surface area contributed by atoms with Crippen LogP contribution < -0.4 is 0 Å². The number of aromatic nitrogens is 3. The van der Waals surface area contributed by atoms with E-state index in [0.29, 0.717) is 5.16 Å². The van der Waals surface area contributed by atoms with Crippen molar-refractivity contribution in [3.05, 3.63) is 29.8 Å². The van der Waals surface area contributed by atoms with Gasteiger partial charge in [0.2, 0.25) is 11.1 Å². The third-order valence-electron chi connectivity index (χ3n) is 3.84. The number of amides is 1. The van der Waals surface area contributed by atoms with E-state index in [-0.39, 0.29) is 11.2 Å². The molecule has 1 N–H and O–H groups in total. The summed E-state index contributed by atoms with van der Waals surface area (Å²) in [7, 11) is 0.